The molecule has 1 fully saturated rings. The molecule has 0 unspecified atom stereocenters. The predicted molar refractivity (Wildman–Crippen MR) is 141 cm³/mol. The van der Waals surface area contributed by atoms with E-state index in [2.05, 4.69) is 33.2 Å². The molecule has 11 nitrogen and oxygen atoms in total. The van der Waals surface area contributed by atoms with Gasteiger partial charge in [0.05, 0.1) is 19.2 Å². The summed E-state index contributed by atoms with van der Waals surface area (Å²) < 4.78 is 12.6. The van der Waals surface area contributed by atoms with Crippen molar-refractivity contribution in [2.45, 2.75) is 51.2 Å². The molecule has 0 atom stereocenters. The molecule has 2 N–H and O–H groups in total. The number of H-pyrrole nitrogens is 1. The number of carbonyl (C=O) groups excluding carboxylic acids is 1. The summed E-state index contributed by atoms with van der Waals surface area (Å²) in [5.74, 6) is 0.667. The highest BCUT2D eigenvalue weighted by Crippen LogP contribution is 2.32. The number of carbonyl (C=O) groups is 1. The molecule has 4 heterocycles. The second kappa shape index (κ2) is 11.2. The lowest BCUT2D eigenvalue weighted by molar-refractivity contribution is 0.0843. The van der Waals surface area contributed by atoms with Gasteiger partial charge in [-0.25, -0.2) is 4.98 Å². The highest BCUT2D eigenvalue weighted by Gasteiger charge is 2.29. The largest absolute Gasteiger partial charge is 0.496 e. The minimum atomic E-state index is -0.456. The van der Waals surface area contributed by atoms with Gasteiger partial charge in [0.25, 0.3) is 11.5 Å². The number of nitrogens with one attached hydrogen (secondary N) is 2. The highest BCUT2D eigenvalue weighted by atomic mass is 32.2. The average molecular weight is 526 g/mol. The molecule has 1 aliphatic heterocycles. The number of fused-ring (bicyclic) bond motifs is 1. The van der Waals surface area contributed by atoms with E-state index in [4.69, 9.17) is 14.6 Å². The number of aromatic amines is 1. The van der Waals surface area contributed by atoms with Crippen LogP contribution in [-0.2, 0) is 11.3 Å². The first-order valence-corrected chi connectivity index (χ1v) is 13.3. The maximum Gasteiger partial charge on any atom is 0.270 e. The number of hydrogen-bond acceptors (Lipinski definition) is 9. The van der Waals surface area contributed by atoms with E-state index in [9.17, 15) is 14.9 Å². The van der Waals surface area contributed by atoms with E-state index in [1.54, 1.807) is 17.5 Å². The molecule has 1 aliphatic rings. The fourth-order valence-electron chi connectivity index (χ4n) is 4.76. The fourth-order valence-corrected chi connectivity index (χ4v) is 5.26. The van der Waals surface area contributed by atoms with Gasteiger partial charge in [0, 0.05) is 37.1 Å². The normalized spacial score (nSPS) is 13.9. The van der Waals surface area contributed by atoms with E-state index < -0.39 is 5.91 Å². The number of pyridine rings is 1. The number of anilines is 1. The Morgan fingerprint density at radius 2 is 2.14 bits per heavy atom. The average Bonchev–Trinajstić information content (AvgIpc) is 3.26. The summed E-state index contributed by atoms with van der Waals surface area (Å²) in [6.45, 7) is 7.61. The summed E-state index contributed by atoms with van der Waals surface area (Å²) in [4.78, 5) is 35.6. The van der Waals surface area contributed by atoms with Crippen molar-refractivity contribution in [2.24, 2.45) is 0 Å². The Morgan fingerprint density at radius 3 is 2.76 bits per heavy atom. The number of aryl methyl sites for hydroxylation is 1. The number of nitriles is 1. The minimum absolute atomic E-state index is 0.0445. The van der Waals surface area contributed by atoms with Gasteiger partial charge in [-0.15, -0.1) is 11.8 Å². The lowest BCUT2D eigenvalue weighted by atomic mass is 10.1. The maximum atomic E-state index is 13.5. The summed E-state index contributed by atoms with van der Waals surface area (Å²) in [5.41, 5.74) is 2.11. The number of rotatable bonds is 8. The molecule has 12 heteroatoms. The van der Waals surface area contributed by atoms with Crippen LogP contribution in [0.5, 0.6) is 5.75 Å². The first kappa shape index (κ1) is 26.5. The van der Waals surface area contributed by atoms with E-state index in [1.807, 2.05) is 13.2 Å². The quantitative estimate of drug-likeness (QED) is 0.425. The molecule has 3 aromatic rings. The van der Waals surface area contributed by atoms with Crippen LogP contribution in [0.3, 0.4) is 0 Å². The van der Waals surface area contributed by atoms with Crippen molar-refractivity contribution < 1.29 is 14.3 Å². The Morgan fingerprint density at radius 1 is 1.41 bits per heavy atom. The lowest BCUT2D eigenvalue weighted by Crippen LogP contribution is -2.41. The van der Waals surface area contributed by atoms with Crippen molar-refractivity contribution in [3.63, 3.8) is 0 Å². The van der Waals surface area contributed by atoms with Crippen molar-refractivity contribution in [1.82, 2.24) is 24.9 Å². The van der Waals surface area contributed by atoms with Crippen LogP contribution in [0.2, 0.25) is 0 Å². The molecule has 37 heavy (non-hydrogen) atoms. The third-order valence-corrected chi connectivity index (χ3v) is 7.25. The zero-order valence-corrected chi connectivity index (χ0v) is 22.5. The van der Waals surface area contributed by atoms with Crippen LogP contribution in [0, 0.1) is 25.2 Å². The van der Waals surface area contributed by atoms with Gasteiger partial charge in [0.2, 0.25) is 0 Å². The summed E-state index contributed by atoms with van der Waals surface area (Å²) in [6, 6.07) is 4.11. The van der Waals surface area contributed by atoms with Crippen molar-refractivity contribution in [3.8, 4) is 11.8 Å². The van der Waals surface area contributed by atoms with Crippen molar-refractivity contribution in [2.75, 3.05) is 38.0 Å². The fraction of sp³-hybridized carbons (Fsp3) is 0.480. The second-order valence-electron chi connectivity index (χ2n) is 8.78. The van der Waals surface area contributed by atoms with Crippen LogP contribution in [-0.4, -0.2) is 64.7 Å². The van der Waals surface area contributed by atoms with Gasteiger partial charge in [-0.05, 0) is 45.9 Å². The van der Waals surface area contributed by atoms with Crippen molar-refractivity contribution in [1.29, 1.82) is 5.26 Å². The number of aromatic nitrogens is 4. The van der Waals surface area contributed by atoms with Gasteiger partial charge in [0.1, 0.15) is 33.9 Å². The molecule has 196 valence electrons. The van der Waals surface area contributed by atoms with Gasteiger partial charge < -0.3 is 24.7 Å². The van der Waals surface area contributed by atoms with E-state index in [0.29, 0.717) is 58.6 Å². The minimum Gasteiger partial charge on any atom is -0.496 e. The number of ether oxygens (including phenoxy) is 2. The van der Waals surface area contributed by atoms with Crippen LogP contribution in [0.1, 0.15) is 52.6 Å². The Balaban J connectivity index is 1.81. The van der Waals surface area contributed by atoms with E-state index in [0.717, 1.165) is 18.7 Å². The van der Waals surface area contributed by atoms with Crippen molar-refractivity contribution in [3.05, 3.63) is 44.5 Å². The summed E-state index contributed by atoms with van der Waals surface area (Å²) in [5, 5.41) is 18.0. The second-order valence-corrected chi connectivity index (χ2v) is 9.58. The molecule has 1 saturated heterocycles. The Labute approximate surface area is 219 Å². The molecule has 3 aromatic heterocycles. The van der Waals surface area contributed by atoms with Gasteiger partial charge >= 0.3 is 0 Å². The molecule has 0 radical (unpaired) electrons. The third-order valence-electron chi connectivity index (χ3n) is 6.58. The Hall–Kier alpha value is -3.56. The number of amides is 1. The number of hydrogen-bond donors (Lipinski definition) is 2. The number of methoxy groups -OCH3 is 1. The van der Waals surface area contributed by atoms with Crippen LogP contribution >= 0.6 is 11.8 Å². The van der Waals surface area contributed by atoms with E-state index in [1.165, 1.54) is 18.9 Å². The van der Waals surface area contributed by atoms with E-state index in [-0.39, 0.29) is 23.8 Å². The lowest BCUT2D eigenvalue weighted by Gasteiger charge is -2.36. The summed E-state index contributed by atoms with van der Waals surface area (Å²) in [6.07, 6.45) is 3.54. The number of thioether (sulfide) groups is 1. The molecular formula is C25H31N7O4S. The molecule has 0 aromatic carbocycles. The first-order chi connectivity index (χ1) is 17.8. The Bertz CT molecular complexity index is 1420. The molecule has 0 spiro atoms. The highest BCUT2D eigenvalue weighted by molar-refractivity contribution is 7.98. The van der Waals surface area contributed by atoms with Crippen LogP contribution in [0.25, 0.3) is 5.65 Å². The van der Waals surface area contributed by atoms with Crippen LogP contribution in [0.4, 0.5) is 5.82 Å². The molecule has 0 aliphatic carbocycles. The number of nitrogens with zero attached hydrogens (tertiary/aromatic N) is 5. The van der Waals surface area contributed by atoms with Crippen LogP contribution < -0.4 is 20.5 Å². The topological polar surface area (TPSA) is 138 Å². The molecule has 1 amide bonds. The van der Waals surface area contributed by atoms with Gasteiger partial charge in [-0.1, -0.05) is 0 Å². The SMILES string of the molecule is CCN(c1c(C)c(C(=O)NCc2c(OC)cc(C)[nH]c2=O)nc2c(C#N)c(SC)nn12)C1CCOCC1. The molecular weight excluding hydrogens is 494 g/mol. The third kappa shape index (κ3) is 5.01. The maximum absolute atomic E-state index is 13.5. The first-order valence-electron chi connectivity index (χ1n) is 12.1. The van der Waals surface area contributed by atoms with Gasteiger partial charge in [0.15, 0.2) is 5.65 Å². The monoisotopic (exact) mass is 525 g/mol. The van der Waals surface area contributed by atoms with Crippen molar-refractivity contribution >= 4 is 29.1 Å². The predicted octanol–water partition coefficient (Wildman–Crippen LogP) is 2.57. The molecule has 0 saturated carbocycles. The zero-order valence-electron chi connectivity index (χ0n) is 21.7. The smallest absolute Gasteiger partial charge is 0.270 e. The summed E-state index contributed by atoms with van der Waals surface area (Å²) in [7, 11) is 1.48. The van der Waals surface area contributed by atoms with E-state index >= 15 is 0 Å². The Kier molecular flexibility index (Phi) is 8.04. The molecule has 0 bridgehead atoms. The van der Waals surface area contributed by atoms with Crippen LogP contribution in [0.15, 0.2) is 15.9 Å². The zero-order chi connectivity index (χ0) is 26.7. The summed E-state index contributed by atoms with van der Waals surface area (Å²) >= 11 is 1.36. The van der Waals surface area contributed by atoms with Gasteiger partial charge in [-0.3, -0.25) is 9.59 Å². The molecule has 4 rings (SSSR count). The standard InChI is InChI=1S/C25H31N7O4S/c1-6-31(16-7-9-36-10-8-16)25-15(3)20(29-21-17(12-26)24(37-5)30-32(21)25)23(34)27-13-18-19(35-4)11-14(2)28-22(18)33/h11,16H,6-10,13H2,1-5H3,(H,27,34)(H,28,33). The van der Waals surface area contributed by atoms with Gasteiger partial charge in [-0.2, -0.15) is 14.9 Å².